The lowest BCUT2D eigenvalue weighted by Crippen LogP contribution is -2.20. The maximum absolute atomic E-state index is 8.69. The molecule has 1 heterocycles. The van der Waals surface area contributed by atoms with Crippen LogP contribution in [0, 0.1) is 0 Å². The van der Waals surface area contributed by atoms with E-state index in [2.05, 4.69) is 29.7 Å². The molecule has 1 aliphatic heterocycles. The zero-order valence-corrected chi connectivity index (χ0v) is 8.18. The van der Waals surface area contributed by atoms with Gasteiger partial charge in [0, 0.05) is 17.4 Å². The molecule has 1 aliphatic rings. The molecule has 0 radical (unpaired) electrons. The van der Waals surface area contributed by atoms with Crippen molar-refractivity contribution in [3.63, 3.8) is 0 Å². The molecule has 2 nitrogen and oxygen atoms in total. The van der Waals surface area contributed by atoms with Gasteiger partial charge in [-0.15, -0.1) is 11.8 Å². The van der Waals surface area contributed by atoms with E-state index in [0.717, 1.165) is 12.2 Å². The van der Waals surface area contributed by atoms with Gasteiger partial charge in [0.15, 0.2) is 0 Å². The molecule has 1 atom stereocenters. The molecule has 2 N–H and O–H groups in total. The zero-order chi connectivity index (χ0) is 9.10. The minimum atomic E-state index is 0.474. The highest BCUT2D eigenvalue weighted by atomic mass is 32.2. The molecule has 0 bridgehead atoms. The average molecular weight is 195 g/mol. The van der Waals surface area contributed by atoms with E-state index in [-0.39, 0.29) is 0 Å². The van der Waals surface area contributed by atoms with Crippen molar-refractivity contribution in [2.45, 2.75) is 17.2 Å². The maximum atomic E-state index is 8.69. The van der Waals surface area contributed by atoms with Crippen molar-refractivity contribution in [3.05, 3.63) is 29.8 Å². The van der Waals surface area contributed by atoms with Gasteiger partial charge in [0.2, 0.25) is 0 Å². The van der Waals surface area contributed by atoms with Crippen molar-refractivity contribution in [2.24, 2.45) is 0 Å². The maximum Gasteiger partial charge on any atom is 0.0277 e. The van der Waals surface area contributed by atoms with Crippen LogP contribution in [-0.2, 0) is 0 Å². The molecule has 0 aromatic heterocycles. The average Bonchev–Trinajstić information content (AvgIpc) is 2.19. The van der Waals surface area contributed by atoms with Crippen LogP contribution < -0.4 is 5.48 Å². The highest BCUT2D eigenvalue weighted by molar-refractivity contribution is 7.99. The molecule has 1 aromatic carbocycles. The smallest absolute Gasteiger partial charge is 0.0277 e. The summed E-state index contributed by atoms with van der Waals surface area (Å²) in [4.78, 5) is 1.37. The topological polar surface area (TPSA) is 32.3 Å². The molecule has 0 saturated carbocycles. The predicted molar refractivity (Wildman–Crippen MR) is 54.3 cm³/mol. The number of hydrogen-bond acceptors (Lipinski definition) is 3. The Hall–Kier alpha value is -0.510. The molecule has 0 aliphatic carbocycles. The number of thioether (sulfide) groups is 1. The standard InChI is InChI=1S/C10H13NOS/c12-11-7-8-5-6-13-10-4-2-1-3-9(8)10/h1-4,8,11-12H,5-7H2. The molecule has 0 saturated heterocycles. The van der Waals surface area contributed by atoms with Gasteiger partial charge in [0.25, 0.3) is 0 Å². The van der Waals surface area contributed by atoms with E-state index in [1.807, 2.05) is 11.8 Å². The highest BCUT2D eigenvalue weighted by Crippen LogP contribution is 2.36. The van der Waals surface area contributed by atoms with Crippen LogP contribution in [0.25, 0.3) is 0 Å². The van der Waals surface area contributed by atoms with Gasteiger partial charge in [-0.25, -0.2) is 5.48 Å². The lowest BCUT2D eigenvalue weighted by Gasteiger charge is -2.24. The monoisotopic (exact) mass is 195 g/mol. The number of benzene rings is 1. The third kappa shape index (κ3) is 1.88. The molecular weight excluding hydrogens is 182 g/mol. The fraction of sp³-hybridized carbons (Fsp3) is 0.400. The summed E-state index contributed by atoms with van der Waals surface area (Å²) in [5.41, 5.74) is 3.64. The fourth-order valence-corrected chi connectivity index (χ4v) is 2.94. The van der Waals surface area contributed by atoms with E-state index in [0.29, 0.717) is 12.5 Å². The van der Waals surface area contributed by atoms with E-state index in [1.165, 1.54) is 10.5 Å². The van der Waals surface area contributed by atoms with Crippen LogP contribution >= 0.6 is 11.8 Å². The zero-order valence-electron chi connectivity index (χ0n) is 7.36. The number of fused-ring (bicyclic) bond motifs is 1. The van der Waals surface area contributed by atoms with Gasteiger partial charge in [-0.2, -0.15) is 0 Å². The van der Waals surface area contributed by atoms with E-state index in [1.54, 1.807) is 0 Å². The predicted octanol–water partition coefficient (Wildman–Crippen LogP) is 2.24. The van der Waals surface area contributed by atoms with E-state index in [4.69, 9.17) is 5.21 Å². The lowest BCUT2D eigenvalue weighted by molar-refractivity contribution is 0.158. The summed E-state index contributed by atoms with van der Waals surface area (Å²) in [5.74, 6) is 1.63. The van der Waals surface area contributed by atoms with Crippen LogP contribution in [0.3, 0.4) is 0 Å². The third-order valence-electron chi connectivity index (χ3n) is 2.42. The van der Waals surface area contributed by atoms with Crippen molar-refractivity contribution in [2.75, 3.05) is 12.3 Å². The van der Waals surface area contributed by atoms with E-state index < -0.39 is 0 Å². The Labute approximate surface area is 82.3 Å². The molecule has 1 aromatic rings. The normalized spacial score (nSPS) is 21.2. The van der Waals surface area contributed by atoms with E-state index in [9.17, 15) is 0 Å². The molecule has 70 valence electrons. The number of rotatable bonds is 2. The minimum Gasteiger partial charge on any atom is -0.317 e. The van der Waals surface area contributed by atoms with Crippen LogP contribution in [0.5, 0.6) is 0 Å². The second-order valence-corrected chi connectivity index (χ2v) is 4.37. The molecule has 1 unspecified atom stereocenters. The second-order valence-electron chi connectivity index (χ2n) is 3.23. The van der Waals surface area contributed by atoms with Gasteiger partial charge < -0.3 is 5.21 Å². The summed E-state index contributed by atoms with van der Waals surface area (Å²) >= 11 is 1.91. The summed E-state index contributed by atoms with van der Waals surface area (Å²) in [5, 5.41) is 8.69. The summed E-state index contributed by atoms with van der Waals surface area (Å²) in [6, 6.07) is 8.45. The van der Waals surface area contributed by atoms with Crippen molar-refractivity contribution < 1.29 is 5.21 Å². The highest BCUT2D eigenvalue weighted by Gasteiger charge is 2.19. The van der Waals surface area contributed by atoms with Crippen LogP contribution in [0.1, 0.15) is 17.9 Å². The first-order chi connectivity index (χ1) is 6.42. The SMILES string of the molecule is ONCC1CCSc2ccccc21. The molecule has 13 heavy (non-hydrogen) atoms. The summed E-state index contributed by atoms with van der Waals surface area (Å²) in [7, 11) is 0. The Morgan fingerprint density at radius 3 is 3.15 bits per heavy atom. The molecule has 2 rings (SSSR count). The molecule has 0 spiro atoms. The molecule has 3 heteroatoms. The largest absolute Gasteiger partial charge is 0.317 e. The van der Waals surface area contributed by atoms with Crippen LogP contribution in [0.15, 0.2) is 29.2 Å². The van der Waals surface area contributed by atoms with Gasteiger partial charge in [-0.1, -0.05) is 18.2 Å². The van der Waals surface area contributed by atoms with Crippen LogP contribution in [0.4, 0.5) is 0 Å². The Kier molecular flexibility index (Phi) is 2.88. The molecule has 0 fully saturated rings. The van der Waals surface area contributed by atoms with Gasteiger partial charge in [0.05, 0.1) is 0 Å². The van der Waals surface area contributed by atoms with Gasteiger partial charge >= 0.3 is 0 Å². The number of hydroxylamine groups is 1. The molecule has 0 amide bonds. The van der Waals surface area contributed by atoms with Crippen molar-refractivity contribution in [3.8, 4) is 0 Å². The first-order valence-electron chi connectivity index (χ1n) is 4.50. The number of nitrogens with one attached hydrogen (secondary N) is 1. The molecular formula is C10H13NOS. The van der Waals surface area contributed by atoms with Crippen molar-refractivity contribution >= 4 is 11.8 Å². The quantitative estimate of drug-likeness (QED) is 0.710. The Morgan fingerprint density at radius 1 is 1.46 bits per heavy atom. The first-order valence-corrected chi connectivity index (χ1v) is 5.49. The van der Waals surface area contributed by atoms with Gasteiger partial charge in [-0.3, -0.25) is 0 Å². The Bertz CT molecular complexity index is 290. The summed E-state index contributed by atoms with van der Waals surface area (Å²) < 4.78 is 0. The number of hydrogen-bond donors (Lipinski definition) is 2. The fourth-order valence-electron chi connectivity index (χ4n) is 1.74. The second kappa shape index (κ2) is 4.13. The Morgan fingerprint density at radius 2 is 2.31 bits per heavy atom. The van der Waals surface area contributed by atoms with Gasteiger partial charge in [-0.05, 0) is 23.8 Å². The summed E-state index contributed by atoms with van der Waals surface area (Å²) in [6.45, 7) is 0.664. The third-order valence-corrected chi connectivity index (χ3v) is 3.54. The Balaban J connectivity index is 2.26. The van der Waals surface area contributed by atoms with Crippen LogP contribution in [0.2, 0.25) is 0 Å². The van der Waals surface area contributed by atoms with Crippen LogP contribution in [-0.4, -0.2) is 17.5 Å². The van der Waals surface area contributed by atoms with Crippen molar-refractivity contribution in [1.82, 2.24) is 5.48 Å². The van der Waals surface area contributed by atoms with Gasteiger partial charge in [0.1, 0.15) is 0 Å². The van der Waals surface area contributed by atoms with E-state index >= 15 is 0 Å². The minimum absolute atomic E-state index is 0.474. The lowest BCUT2D eigenvalue weighted by atomic mass is 9.96. The van der Waals surface area contributed by atoms with Crippen molar-refractivity contribution in [1.29, 1.82) is 0 Å². The first kappa shape index (κ1) is 9.06. The summed E-state index contributed by atoms with van der Waals surface area (Å²) in [6.07, 6.45) is 1.15.